The molecule has 2 rings (SSSR count). The van der Waals surface area contributed by atoms with Gasteiger partial charge in [0, 0.05) is 0 Å². The molecule has 1 N–H and O–H groups in total. The third-order valence-electron chi connectivity index (χ3n) is 3.29. The van der Waals surface area contributed by atoms with Crippen LogP contribution in [0.4, 0.5) is 4.39 Å². The van der Waals surface area contributed by atoms with E-state index in [0.29, 0.717) is 11.1 Å². The average Bonchev–Trinajstić information content (AvgIpc) is 2.55. The highest BCUT2D eigenvalue weighted by Crippen LogP contribution is 2.35. The molecular weight excluding hydrogens is 272 g/mol. The molecule has 2 aromatic carbocycles. The standard InChI is InChI=1S/C17H17FO3/c1-2-21-16(19)15(18)17(20,13-9-5-3-6-10-13)14-11-7-4-8-12-14/h3-12,15,20H,2H2,1H3/i15+1. The van der Waals surface area contributed by atoms with Gasteiger partial charge in [-0.1, -0.05) is 60.7 Å². The van der Waals surface area contributed by atoms with Gasteiger partial charge in [-0.3, -0.25) is 0 Å². The number of esters is 1. The summed E-state index contributed by atoms with van der Waals surface area (Å²) in [4.78, 5) is 11.8. The van der Waals surface area contributed by atoms with Crippen LogP contribution in [0.15, 0.2) is 60.7 Å². The highest BCUT2D eigenvalue weighted by Gasteiger charge is 2.46. The molecule has 3 nitrogen and oxygen atoms in total. The average molecular weight is 289 g/mol. The van der Waals surface area contributed by atoms with Gasteiger partial charge < -0.3 is 9.84 Å². The van der Waals surface area contributed by atoms with E-state index in [1.54, 1.807) is 67.6 Å². The molecule has 0 amide bonds. The Hall–Kier alpha value is -2.20. The number of alkyl halides is 1. The number of carbonyl (C=O) groups excluding carboxylic acids is 1. The van der Waals surface area contributed by atoms with Gasteiger partial charge in [0.05, 0.1) is 6.61 Å². The Labute approximate surface area is 123 Å². The van der Waals surface area contributed by atoms with Crippen molar-refractivity contribution in [3.8, 4) is 0 Å². The van der Waals surface area contributed by atoms with Gasteiger partial charge in [0.2, 0.25) is 6.17 Å². The van der Waals surface area contributed by atoms with E-state index in [1.165, 1.54) is 0 Å². The molecule has 0 radical (unpaired) electrons. The Bertz CT molecular complexity index is 544. The van der Waals surface area contributed by atoms with Gasteiger partial charge in [0.15, 0.2) is 5.60 Å². The Morgan fingerprint density at radius 3 is 1.90 bits per heavy atom. The normalized spacial score (nSPS) is 12.7. The Morgan fingerprint density at radius 2 is 1.52 bits per heavy atom. The van der Waals surface area contributed by atoms with Gasteiger partial charge in [-0.15, -0.1) is 0 Å². The molecular formula is C17H17FO3. The summed E-state index contributed by atoms with van der Waals surface area (Å²) in [5.41, 5.74) is -1.47. The lowest BCUT2D eigenvalue weighted by Gasteiger charge is -2.31. The molecule has 0 aliphatic rings. The lowest BCUT2D eigenvalue weighted by Crippen LogP contribution is -2.43. The molecule has 4 heteroatoms. The predicted molar refractivity (Wildman–Crippen MR) is 77.4 cm³/mol. The van der Waals surface area contributed by atoms with Crippen LogP contribution in [0.2, 0.25) is 0 Å². The summed E-state index contributed by atoms with van der Waals surface area (Å²) in [7, 11) is 0. The molecule has 0 aromatic heterocycles. The van der Waals surface area contributed by atoms with E-state index in [2.05, 4.69) is 0 Å². The van der Waals surface area contributed by atoms with Crippen LogP contribution in [-0.4, -0.2) is 23.9 Å². The number of benzene rings is 2. The van der Waals surface area contributed by atoms with Crippen molar-refractivity contribution in [2.24, 2.45) is 0 Å². The van der Waals surface area contributed by atoms with Gasteiger partial charge in [0.1, 0.15) is 0 Å². The molecule has 1 atom stereocenters. The summed E-state index contributed by atoms with van der Waals surface area (Å²) in [5.74, 6) is -1.08. The van der Waals surface area contributed by atoms with Crippen molar-refractivity contribution >= 4 is 5.97 Å². The summed E-state index contributed by atoms with van der Waals surface area (Å²) in [6, 6.07) is 16.6. The number of carbonyl (C=O) groups is 1. The van der Waals surface area contributed by atoms with Crippen molar-refractivity contribution in [3.63, 3.8) is 0 Å². The van der Waals surface area contributed by atoms with E-state index in [-0.39, 0.29) is 6.61 Å². The fraction of sp³-hybridized carbons (Fsp3) is 0.235. The van der Waals surface area contributed by atoms with E-state index < -0.39 is 17.7 Å². The van der Waals surface area contributed by atoms with Crippen molar-refractivity contribution in [1.29, 1.82) is 0 Å². The highest BCUT2D eigenvalue weighted by atomic mass is 19.2. The van der Waals surface area contributed by atoms with Crippen LogP contribution < -0.4 is 0 Å². The van der Waals surface area contributed by atoms with E-state index in [1.807, 2.05) is 0 Å². The Balaban J connectivity index is 2.52. The maximum Gasteiger partial charge on any atom is 0.344 e. The second kappa shape index (κ2) is 6.50. The molecule has 0 aliphatic heterocycles. The summed E-state index contributed by atoms with van der Waals surface area (Å²) in [5, 5.41) is 10.9. The van der Waals surface area contributed by atoms with Crippen molar-refractivity contribution in [3.05, 3.63) is 71.8 Å². The largest absolute Gasteiger partial charge is 0.464 e. The monoisotopic (exact) mass is 289 g/mol. The Kier molecular flexibility index (Phi) is 4.70. The third kappa shape index (κ3) is 2.95. The fourth-order valence-electron chi connectivity index (χ4n) is 2.23. The lowest BCUT2D eigenvalue weighted by atomic mass is 9.90. The van der Waals surface area contributed by atoms with Gasteiger partial charge in [-0.2, -0.15) is 0 Å². The number of hydrogen-bond donors (Lipinski definition) is 1. The molecule has 21 heavy (non-hydrogen) atoms. The first-order valence-corrected chi connectivity index (χ1v) is 6.74. The minimum Gasteiger partial charge on any atom is -0.464 e. The summed E-state index contributed by atoms with van der Waals surface area (Å²) in [6.45, 7) is 1.65. The molecule has 0 heterocycles. The van der Waals surface area contributed by atoms with E-state index in [0.717, 1.165) is 0 Å². The van der Waals surface area contributed by atoms with Crippen LogP contribution in [0.25, 0.3) is 0 Å². The second-order valence-electron chi connectivity index (χ2n) is 4.61. The lowest BCUT2D eigenvalue weighted by molar-refractivity contribution is -0.158. The minimum atomic E-state index is -2.21. The van der Waals surface area contributed by atoms with Gasteiger partial charge >= 0.3 is 5.97 Å². The molecule has 0 fully saturated rings. The highest BCUT2D eigenvalue weighted by molar-refractivity contribution is 5.77. The molecule has 0 saturated heterocycles. The van der Waals surface area contributed by atoms with Crippen molar-refractivity contribution in [2.75, 3.05) is 6.61 Å². The SMILES string of the molecule is CCOC(=O)[13CH](F)C(O)(c1ccccc1)c1ccccc1. The van der Waals surface area contributed by atoms with Gasteiger partial charge in [-0.25, -0.2) is 9.18 Å². The molecule has 110 valence electrons. The zero-order valence-corrected chi connectivity index (χ0v) is 11.7. The minimum absolute atomic E-state index is 0.0545. The number of halogens is 1. The van der Waals surface area contributed by atoms with Crippen molar-refractivity contribution in [2.45, 2.75) is 18.7 Å². The van der Waals surface area contributed by atoms with Crippen LogP contribution in [0.5, 0.6) is 0 Å². The first-order valence-electron chi connectivity index (χ1n) is 6.74. The maximum absolute atomic E-state index is 14.7. The summed E-state index contributed by atoms with van der Waals surface area (Å²) < 4.78 is 19.4. The first kappa shape index (κ1) is 15.2. The molecule has 0 spiro atoms. The number of ether oxygens (including phenoxy) is 1. The van der Waals surface area contributed by atoms with Gasteiger partial charge in [-0.05, 0) is 18.1 Å². The quantitative estimate of drug-likeness (QED) is 0.680. The van der Waals surface area contributed by atoms with Crippen LogP contribution in [0, 0.1) is 0 Å². The van der Waals surface area contributed by atoms with Crippen LogP contribution in [-0.2, 0) is 15.1 Å². The summed E-state index contributed by atoms with van der Waals surface area (Å²) in [6.07, 6.45) is -2.21. The molecule has 0 bridgehead atoms. The maximum atomic E-state index is 14.7. The number of hydrogen-bond acceptors (Lipinski definition) is 3. The number of aliphatic hydroxyl groups is 1. The topological polar surface area (TPSA) is 46.5 Å². The molecule has 0 aliphatic carbocycles. The van der Waals surface area contributed by atoms with Crippen molar-refractivity contribution < 1.29 is 19.0 Å². The van der Waals surface area contributed by atoms with E-state index in [9.17, 15) is 14.3 Å². The van der Waals surface area contributed by atoms with E-state index >= 15 is 0 Å². The van der Waals surface area contributed by atoms with Gasteiger partial charge in [0.25, 0.3) is 0 Å². The van der Waals surface area contributed by atoms with Crippen LogP contribution in [0.3, 0.4) is 0 Å². The molecule has 0 saturated carbocycles. The second-order valence-corrected chi connectivity index (χ2v) is 4.61. The zero-order valence-electron chi connectivity index (χ0n) is 11.7. The first-order chi connectivity index (χ1) is 10.1. The molecule has 1 unspecified atom stereocenters. The van der Waals surface area contributed by atoms with E-state index in [4.69, 9.17) is 4.74 Å². The Morgan fingerprint density at radius 1 is 1.10 bits per heavy atom. The zero-order chi connectivity index (χ0) is 15.3. The third-order valence-corrected chi connectivity index (χ3v) is 3.29. The van der Waals surface area contributed by atoms with Crippen LogP contribution >= 0.6 is 0 Å². The fourth-order valence-corrected chi connectivity index (χ4v) is 2.23. The predicted octanol–water partition coefficient (Wildman–Crippen LogP) is 2.82. The smallest absolute Gasteiger partial charge is 0.344 e. The molecule has 2 aromatic rings. The van der Waals surface area contributed by atoms with Crippen molar-refractivity contribution in [1.82, 2.24) is 0 Å². The number of rotatable bonds is 5. The van der Waals surface area contributed by atoms with Crippen LogP contribution in [0.1, 0.15) is 18.1 Å². The summed E-state index contributed by atoms with van der Waals surface area (Å²) >= 11 is 0.